The third kappa shape index (κ3) is 2.54. The topological polar surface area (TPSA) is 106 Å². The lowest BCUT2D eigenvalue weighted by Gasteiger charge is -2.07. The van der Waals surface area contributed by atoms with Gasteiger partial charge in [0.1, 0.15) is 23.6 Å². The van der Waals surface area contributed by atoms with E-state index < -0.39 is 4.92 Å². The molecule has 0 aliphatic heterocycles. The molecule has 2 aromatic rings. The Morgan fingerprint density at radius 2 is 2.39 bits per heavy atom. The van der Waals surface area contributed by atoms with Gasteiger partial charge in [-0.2, -0.15) is 5.10 Å². The number of H-pyrrole nitrogens is 1. The van der Waals surface area contributed by atoms with Gasteiger partial charge in [-0.15, -0.1) is 0 Å². The van der Waals surface area contributed by atoms with Crippen molar-refractivity contribution < 1.29 is 9.66 Å². The molecular weight excluding hydrogens is 238 g/mol. The van der Waals surface area contributed by atoms with Gasteiger partial charge in [0.05, 0.1) is 18.6 Å². The number of hydrogen-bond donors (Lipinski definition) is 2. The Morgan fingerprint density at radius 3 is 3.00 bits per heavy atom. The molecule has 0 spiro atoms. The van der Waals surface area contributed by atoms with E-state index in [0.29, 0.717) is 23.8 Å². The Balaban J connectivity index is 2.20. The molecule has 0 amide bonds. The monoisotopic (exact) mass is 249 g/mol. The van der Waals surface area contributed by atoms with Gasteiger partial charge in [-0.05, 0) is 6.07 Å². The van der Waals surface area contributed by atoms with Crippen molar-refractivity contribution in [2.45, 2.75) is 6.54 Å². The van der Waals surface area contributed by atoms with Gasteiger partial charge in [-0.25, -0.2) is 4.98 Å². The maximum absolute atomic E-state index is 10.9. The average molecular weight is 249 g/mol. The zero-order valence-electron chi connectivity index (χ0n) is 9.58. The highest BCUT2D eigenvalue weighted by atomic mass is 16.6. The van der Waals surface area contributed by atoms with Crippen LogP contribution in [0.4, 0.5) is 11.4 Å². The Bertz CT molecular complexity index is 540. The van der Waals surface area contributed by atoms with Crippen LogP contribution in [0, 0.1) is 10.1 Å². The van der Waals surface area contributed by atoms with Gasteiger partial charge in [-0.3, -0.25) is 15.2 Å². The van der Waals surface area contributed by atoms with E-state index in [2.05, 4.69) is 20.5 Å². The molecule has 0 bridgehead atoms. The van der Waals surface area contributed by atoms with Gasteiger partial charge < -0.3 is 10.1 Å². The van der Waals surface area contributed by atoms with E-state index in [1.165, 1.54) is 25.6 Å². The molecule has 0 saturated heterocycles. The Morgan fingerprint density at radius 1 is 1.56 bits per heavy atom. The number of nitro groups is 1. The first-order valence-electron chi connectivity index (χ1n) is 5.11. The minimum absolute atomic E-state index is 0.0182. The SMILES string of the molecule is COc1ccc([N+](=O)[O-])c(NCc2ncn[nH]2)c1. The molecular formula is C10H11N5O3. The first-order chi connectivity index (χ1) is 8.70. The van der Waals surface area contributed by atoms with Crippen LogP contribution in [0.2, 0.25) is 0 Å². The lowest BCUT2D eigenvalue weighted by Crippen LogP contribution is -2.04. The number of rotatable bonds is 5. The average Bonchev–Trinajstić information content (AvgIpc) is 2.88. The zero-order valence-corrected chi connectivity index (χ0v) is 9.58. The van der Waals surface area contributed by atoms with E-state index in [4.69, 9.17) is 4.74 Å². The number of aromatic amines is 1. The van der Waals surface area contributed by atoms with Crippen molar-refractivity contribution in [3.8, 4) is 5.75 Å². The van der Waals surface area contributed by atoms with E-state index in [-0.39, 0.29) is 5.69 Å². The van der Waals surface area contributed by atoms with Crippen molar-refractivity contribution in [2.24, 2.45) is 0 Å². The molecule has 0 saturated carbocycles. The number of hydrogen-bond acceptors (Lipinski definition) is 6. The summed E-state index contributed by atoms with van der Waals surface area (Å²) in [7, 11) is 1.50. The van der Waals surface area contributed by atoms with Crippen LogP contribution in [-0.2, 0) is 6.54 Å². The fraction of sp³-hybridized carbons (Fsp3) is 0.200. The third-order valence-electron chi connectivity index (χ3n) is 2.31. The van der Waals surface area contributed by atoms with Crippen LogP contribution in [-0.4, -0.2) is 27.2 Å². The maximum atomic E-state index is 10.9. The molecule has 8 nitrogen and oxygen atoms in total. The predicted octanol–water partition coefficient (Wildman–Crippen LogP) is 1.33. The quantitative estimate of drug-likeness (QED) is 0.611. The summed E-state index contributed by atoms with van der Waals surface area (Å²) in [4.78, 5) is 14.3. The highest BCUT2D eigenvalue weighted by Gasteiger charge is 2.14. The summed E-state index contributed by atoms with van der Waals surface area (Å²) < 4.78 is 5.03. The fourth-order valence-electron chi connectivity index (χ4n) is 1.44. The number of benzene rings is 1. The summed E-state index contributed by atoms with van der Waals surface area (Å²) in [5, 5.41) is 20.1. The lowest BCUT2D eigenvalue weighted by molar-refractivity contribution is -0.384. The first kappa shape index (κ1) is 11.8. The van der Waals surface area contributed by atoms with Gasteiger partial charge in [0.15, 0.2) is 0 Å². The van der Waals surface area contributed by atoms with Gasteiger partial charge >= 0.3 is 0 Å². The molecule has 0 radical (unpaired) electrons. The normalized spacial score (nSPS) is 10.1. The van der Waals surface area contributed by atoms with Crippen molar-refractivity contribution in [2.75, 3.05) is 12.4 Å². The summed E-state index contributed by atoms with van der Waals surface area (Å²) >= 11 is 0. The van der Waals surface area contributed by atoms with E-state index in [9.17, 15) is 10.1 Å². The number of nitro benzene ring substituents is 1. The molecule has 94 valence electrons. The number of anilines is 1. The second-order valence-corrected chi connectivity index (χ2v) is 3.43. The number of nitrogens with zero attached hydrogens (tertiary/aromatic N) is 3. The number of ether oxygens (including phenoxy) is 1. The van der Waals surface area contributed by atoms with Crippen LogP contribution in [0.15, 0.2) is 24.5 Å². The summed E-state index contributed by atoms with van der Waals surface area (Å²) in [5.41, 5.74) is 0.353. The van der Waals surface area contributed by atoms with Gasteiger partial charge in [-0.1, -0.05) is 0 Å². The lowest BCUT2D eigenvalue weighted by atomic mass is 10.2. The molecule has 8 heteroatoms. The molecule has 0 aliphatic rings. The molecule has 0 atom stereocenters. The number of aromatic nitrogens is 3. The second kappa shape index (κ2) is 5.13. The standard InChI is InChI=1S/C10H11N5O3/c1-18-7-2-3-9(15(16)17)8(4-7)11-5-10-12-6-13-14-10/h2-4,6,11H,5H2,1H3,(H,12,13,14). The molecule has 0 unspecified atom stereocenters. The summed E-state index contributed by atoms with van der Waals surface area (Å²) in [6.07, 6.45) is 1.37. The third-order valence-corrected chi connectivity index (χ3v) is 2.31. The van der Waals surface area contributed by atoms with Crippen LogP contribution in [0.3, 0.4) is 0 Å². The molecule has 0 fully saturated rings. The smallest absolute Gasteiger partial charge is 0.292 e. The zero-order chi connectivity index (χ0) is 13.0. The Hall–Kier alpha value is -2.64. The molecule has 2 rings (SSSR count). The summed E-state index contributed by atoms with van der Waals surface area (Å²) in [6.45, 7) is 0.313. The van der Waals surface area contributed by atoms with Gasteiger partial charge in [0.25, 0.3) is 5.69 Å². The molecule has 1 aromatic heterocycles. The largest absolute Gasteiger partial charge is 0.497 e. The highest BCUT2D eigenvalue weighted by Crippen LogP contribution is 2.28. The van der Waals surface area contributed by atoms with E-state index in [1.54, 1.807) is 6.07 Å². The van der Waals surface area contributed by atoms with E-state index in [0.717, 1.165) is 0 Å². The summed E-state index contributed by atoms with van der Waals surface area (Å²) in [6, 6.07) is 4.49. The highest BCUT2D eigenvalue weighted by molar-refractivity contribution is 5.64. The molecule has 2 N–H and O–H groups in total. The summed E-state index contributed by atoms with van der Waals surface area (Å²) in [5.74, 6) is 1.13. The van der Waals surface area contributed by atoms with E-state index in [1.807, 2.05) is 0 Å². The van der Waals surface area contributed by atoms with Gasteiger partial charge in [0, 0.05) is 12.1 Å². The second-order valence-electron chi connectivity index (χ2n) is 3.43. The Kier molecular flexibility index (Phi) is 3.37. The molecule has 1 heterocycles. The predicted molar refractivity (Wildman–Crippen MR) is 63.4 cm³/mol. The van der Waals surface area contributed by atoms with Crippen molar-refractivity contribution in [3.05, 3.63) is 40.5 Å². The van der Waals surface area contributed by atoms with Crippen LogP contribution in [0.1, 0.15) is 5.82 Å². The molecule has 18 heavy (non-hydrogen) atoms. The number of methoxy groups -OCH3 is 1. The van der Waals surface area contributed by atoms with E-state index >= 15 is 0 Å². The first-order valence-corrected chi connectivity index (χ1v) is 5.11. The van der Waals surface area contributed by atoms with Gasteiger partial charge in [0.2, 0.25) is 0 Å². The minimum Gasteiger partial charge on any atom is -0.497 e. The van der Waals surface area contributed by atoms with Crippen molar-refractivity contribution in [3.63, 3.8) is 0 Å². The van der Waals surface area contributed by atoms with Crippen molar-refractivity contribution in [1.82, 2.24) is 15.2 Å². The molecule has 0 aliphatic carbocycles. The van der Waals surface area contributed by atoms with Crippen molar-refractivity contribution in [1.29, 1.82) is 0 Å². The Labute approximate surface area is 102 Å². The minimum atomic E-state index is -0.456. The fourth-order valence-corrected chi connectivity index (χ4v) is 1.44. The van der Waals surface area contributed by atoms with Crippen LogP contribution in [0.5, 0.6) is 5.75 Å². The number of nitrogens with one attached hydrogen (secondary N) is 2. The van der Waals surface area contributed by atoms with Crippen molar-refractivity contribution >= 4 is 11.4 Å². The molecule has 1 aromatic carbocycles. The van der Waals surface area contributed by atoms with Crippen LogP contribution >= 0.6 is 0 Å². The maximum Gasteiger partial charge on any atom is 0.292 e. The van der Waals surface area contributed by atoms with Crippen LogP contribution in [0.25, 0.3) is 0 Å². The van der Waals surface area contributed by atoms with Crippen LogP contribution < -0.4 is 10.1 Å².